The van der Waals surface area contributed by atoms with Gasteiger partial charge in [0, 0.05) is 0 Å². The van der Waals surface area contributed by atoms with E-state index in [0.717, 1.165) is 11.3 Å². The largest absolute Gasteiger partial charge is 0.217 e. The van der Waals surface area contributed by atoms with E-state index in [0.29, 0.717) is 5.69 Å². The van der Waals surface area contributed by atoms with Gasteiger partial charge in [-0.2, -0.15) is 0 Å². The number of nitrogens with zero attached hydrogens (tertiary/aromatic N) is 3. The molecule has 0 spiro atoms. The molecule has 0 amide bonds. The number of hydrogen-bond donors (Lipinski definition) is 0. The van der Waals surface area contributed by atoms with Crippen LogP contribution in [0.25, 0.3) is 5.69 Å². The summed E-state index contributed by atoms with van der Waals surface area (Å²) in [5, 5.41) is 7.85. The number of aromatic nitrogens is 3. The summed E-state index contributed by atoms with van der Waals surface area (Å²) >= 11 is 3.39. The Morgan fingerprint density at radius 3 is 2.75 bits per heavy atom. The molecule has 2 rings (SSSR count). The average molecular weight is 284 g/mol. The Balaban J connectivity index is 2.42. The topological polar surface area (TPSA) is 30.7 Å². The highest BCUT2D eigenvalue weighted by atomic mass is 79.9. The SMILES string of the molecule is Cc1ccc(-n2cc(C(C)Br)nn2)c(F)c1. The zero-order valence-electron chi connectivity index (χ0n) is 8.98. The summed E-state index contributed by atoms with van der Waals surface area (Å²) in [6.07, 6.45) is 1.72. The monoisotopic (exact) mass is 283 g/mol. The molecule has 2 aromatic rings. The van der Waals surface area contributed by atoms with E-state index in [4.69, 9.17) is 0 Å². The minimum atomic E-state index is -0.293. The minimum Gasteiger partial charge on any atom is -0.217 e. The van der Waals surface area contributed by atoms with Gasteiger partial charge in [-0.15, -0.1) is 5.10 Å². The standard InChI is InChI=1S/C11H11BrFN3/c1-7-3-4-11(9(13)5-7)16-6-10(8(2)12)14-15-16/h3-6,8H,1-2H3. The Morgan fingerprint density at radius 2 is 2.19 bits per heavy atom. The highest BCUT2D eigenvalue weighted by Crippen LogP contribution is 2.20. The van der Waals surface area contributed by atoms with Crippen LogP contribution in [0.15, 0.2) is 24.4 Å². The van der Waals surface area contributed by atoms with E-state index in [1.807, 2.05) is 19.9 Å². The first-order valence-electron chi connectivity index (χ1n) is 4.91. The van der Waals surface area contributed by atoms with E-state index in [1.54, 1.807) is 12.3 Å². The van der Waals surface area contributed by atoms with Gasteiger partial charge in [-0.05, 0) is 31.5 Å². The number of hydrogen-bond acceptors (Lipinski definition) is 2. The summed E-state index contributed by atoms with van der Waals surface area (Å²) in [6.45, 7) is 3.79. The first-order chi connectivity index (χ1) is 7.58. The van der Waals surface area contributed by atoms with Crippen molar-refractivity contribution >= 4 is 15.9 Å². The molecule has 5 heteroatoms. The Morgan fingerprint density at radius 1 is 1.44 bits per heavy atom. The van der Waals surface area contributed by atoms with E-state index in [2.05, 4.69) is 26.2 Å². The quantitative estimate of drug-likeness (QED) is 0.793. The zero-order valence-corrected chi connectivity index (χ0v) is 10.6. The molecule has 0 fully saturated rings. The van der Waals surface area contributed by atoms with Crippen LogP contribution in [0.3, 0.4) is 0 Å². The van der Waals surface area contributed by atoms with Gasteiger partial charge in [0.05, 0.1) is 16.7 Å². The lowest BCUT2D eigenvalue weighted by molar-refractivity contribution is 0.606. The van der Waals surface area contributed by atoms with Crippen molar-refractivity contribution in [1.29, 1.82) is 0 Å². The second-order valence-electron chi connectivity index (χ2n) is 3.66. The number of rotatable bonds is 2. The van der Waals surface area contributed by atoms with Gasteiger partial charge in [-0.25, -0.2) is 9.07 Å². The van der Waals surface area contributed by atoms with Crippen molar-refractivity contribution in [2.75, 3.05) is 0 Å². The van der Waals surface area contributed by atoms with E-state index in [1.165, 1.54) is 10.7 Å². The van der Waals surface area contributed by atoms with Gasteiger partial charge in [0.15, 0.2) is 0 Å². The lowest BCUT2D eigenvalue weighted by Gasteiger charge is -2.02. The molecule has 84 valence electrons. The summed E-state index contributed by atoms with van der Waals surface area (Å²) in [4.78, 5) is 0.106. The fourth-order valence-electron chi connectivity index (χ4n) is 1.37. The van der Waals surface area contributed by atoms with Gasteiger partial charge in [0.1, 0.15) is 11.5 Å². The third-order valence-electron chi connectivity index (χ3n) is 2.27. The number of alkyl halides is 1. The molecular weight excluding hydrogens is 273 g/mol. The van der Waals surface area contributed by atoms with Crippen LogP contribution in [-0.2, 0) is 0 Å². The van der Waals surface area contributed by atoms with Crippen LogP contribution in [-0.4, -0.2) is 15.0 Å². The molecule has 1 atom stereocenters. The van der Waals surface area contributed by atoms with Crippen molar-refractivity contribution in [3.05, 3.63) is 41.5 Å². The molecule has 1 aromatic heterocycles. The summed E-state index contributed by atoms with van der Waals surface area (Å²) in [5.41, 5.74) is 2.08. The van der Waals surface area contributed by atoms with Crippen molar-refractivity contribution in [2.45, 2.75) is 18.7 Å². The Labute approximate surface area is 101 Å². The minimum absolute atomic E-state index is 0.106. The van der Waals surface area contributed by atoms with Gasteiger partial charge >= 0.3 is 0 Å². The molecule has 1 unspecified atom stereocenters. The summed E-state index contributed by atoms with van der Waals surface area (Å²) in [5.74, 6) is -0.293. The predicted molar refractivity (Wildman–Crippen MR) is 63.4 cm³/mol. The fraction of sp³-hybridized carbons (Fsp3) is 0.273. The maximum Gasteiger partial charge on any atom is 0.149 e. The van der Waals surface area contributed by atoms with Crippen LogP contribution in [0.2, 0.25) is 0 Å². The van der Waals surface area contributed by atoms with Crippen LogP contribution < -0.4 is 0 Å². The molecule has 0 radical (unpaired) electrons. The molecule has 0 aliphatic heterocycles. The van der Waals surface area contributed by atoms with Crippen LogP contribution in [0, 0.1) is 12.7 Å². The molecule has 16 heavy (non-hydrogen) atoms. The van der Waals surface area contributed by atoms with E-state index < -0.39 is 0 Å². The summed E-state index contributed by atoms with van der Waals surface area (Å²) in [6, 6.07) is 5.02. The maximum absolute atomic E-state index is 13.6. The number of halogens is 2. The average Bonchev–Trinajstić information content (AvgIpc) is 2.66. The summed E-state index contributed by atoms with van der Waals surface area (Å²) in [7, 11) is 0. The maximum atomic E-state index is 13.6. The number of aryl methyl sites for hydroxylation is 1. The lowest BCUT2D eigenvalue weighted by atomic mass is 10.2. The van der Waals surface area contributed by atoms with E-state index in [-0.39, 0.29) is 10.6 Å². The van der Waals surface area contributed by atoms with E-state index >= 15 is 0 Å². The second-order valence-corrected chi connectivity index (χ2v) is 5.03. The molecular formula is C11H11BrFN3. The third kappa shape index (κ3) is 2.14. The zero-order chi connectivity index (χ0) is 11.7. The Bertz CT molecular complexity index is 508. The van der Waals surface area contributed by atoms with Gasteiger partial charge in [0.25, 0.3) is 0 Å². The second kappa shape index (κ2) is 4.33. The van der Waals surface area contributed by atoms with Gasteiger partial charge in [-0.1, -0.05) is 27.2 Å². The van der Waals surface area contributed by atoms with E-state index in [9.17, 15) is 4.39 Å². The molecule has 0 aliphatic carbocycles. The Hall–Kier alpha value is -1.23. The van der Waals surface area contributed by atoms with Crippen molar-refractivity contribution in [3.63, 3.8) is 0 Å². The molecule has 3 nitrogen and oxygen atoms in total. The van der Waals surface area contributed by atoms with Crippen molar-refractivity contribution in [1.82, 2.24) is 15.0 Å². The van der Waals surface area contributed by atoms with Crippen molar-refractivity contribution in [2.24, 2.45) is 0 Å². The van der Waals surface area contributed by atoms with Gasteiger partial charge in [0.2, 0.25) is 0 Å². The molecule has 1 heterocycles. The fourth-order valence-corrected chi connectivity index (χ4v) is 1.58. The highest BCUT2D eigenvalue weighted by molar-refractivity contribution is 9.09. The third-order valence-corrected chi connectivity index (χ3v) is 2.74. The Kier molecular flexibility index (Phi) is 3.05. The smallest absolute Gasteiger partial charge is 0.149 e. The van der Waals surface area contributed by atoms with Crippen LogP contribution in [0.1, 0.15) is 23.0 Å². The molecule has 0 saturated carbocycles. The van der Waals surface area contributed by atoms with Gasteiger partial charge < -0.3 is 0 Å². The molecule has 0 bridgehead atoms. The molecule has 0 N–H and O–H groups in total. The number of benzene rings is 1. The van der Waals surface area contributed by atoms with Gasteiger partial charge in [-0.3, -0.25) is 0 Å². The lowest BCUT2D eigenvalue weighted by Crippen LogP contribution is -1.98. The van der Waals surface area contributed by atoms with Crippen LogP contribution >= 0.6 is 15.9 Å². The molecule has 0 aliphatic rings. The normalized spacial score (nSPS) is 12.8. The summed E-state index contributed by atoms with van der Waals surface area (Å²) < 4.78 is 15.1. The van der Waals surface area contributed by atoms with Crippen molar-refractivity contribution in [3.8, 4) is 5.69 Å². The molecule has 0 saturated heterocycles. The molecule has 1 aromatic carbocycles. The van der Waals surface area contributed by atoms with Crippen LogP contribution in [0.5, 0.6) is 0 Å². The first kappa shape index (κ1) is 11.3. The highest BCUT2D eigenvalue weighted by Gasteiger charge is 2.10. The van der Waals surface area contributed by atoms with Crippen molar-refractivity contribution < 1.29 is 4.39 Å². The van der Waals surface area contributed by atoms with Crippen LogP contribution in [0.4, 0.5) is 4.39 Å². The predicted octanol–water partition coefficient (Wildman–Crippen LogP) is 3.17. The first-order valence-corrected chi connectivity index (χ1v) is 5.82.